The van der Waals surface area contributed by atoms with Gasteiger partial charge in [-0.05, 0) is 24.1 Å². The summed E-state index contributed by atoms with van der Waals surface area (Å²) < 4.78 is 0. The molecule has 21 heavy (non-hydrogen) atoms. The maximum atomic E-state index is 11.5. The molecule has 7 nitrogen and oxygen atoms in total. The predicted octanol–water partition coefficient (Wildman–Crippen LogP) is 0.969. The standard InChI is InChI=1S/C14H18N2O5/c1-2-3-6-15-14(21)16-10(13(19)20)7-9-4-5-11(17)12(18)8-9/h2,4-5,8,10,17-18H,1,3,6-7H2,(H,19,20)(H2,15,16,21)/t10-/m0/s1. The van der Waals surface area contributed by atoms with Gasteiger partial charge in [0.05, 0.1) is 0 Å². The smallest absolute Gasteiger partial charge is 0.326 e. The van der Waals surface area contributed by atoms with Crippen LogP contribution in [0, 0.1) is 0 Å². The number of rotatable bonds is 7. The van der Waals surface area contributed by atoms with Crippen LogP contribution in [-0.2, 0) is 11.2 Å². The lowest BCUT2D eigenvalue weighted by atomic mass is 10.1. The number of carbonyl (C=O) groups excluding carboxylic acids is 1. The van der Waals surface area contributed by atoms with E-state index in [1.54, 1.807) is 6.08 Å². The molecular formula is C14H18N2O5. The Bertz CT molecular complexity index is 530. The number of phenols is 2. The van der Waals surface area contributed by atoms with Gasteiger partial charge in [0.2, 0.25) is 0 Å². The average molecular weight is 294 g/mol. The lowest BCUT2D eigenvalue weighted by Gasteiger charge is -2.15. The van der Waals surface area contributed by atoms with Gasteiger partial charge in [0.15, 0.2) is 11.5 Å². The summed E-state index contributed by atoms with van der Waals surface area (Å²) in [7, 11) is 0. The summed E-state index contributed by atoms with van der Waals surface area (Å²) >= 11 is 0. The highest BCUT2D eigenvalue weighted by Gasteiger charge is 2.20. The molecule has 0 bridgehead atoms. The van der Waals surface area contributed by atoms with Gasteiger partial charge in [-0.1, -0.05) is 12.1 Å². The number of hydrogen-bond donors (Lipinski definition) is 5. The van der Waals surface area contributed by atoms with E-state index in [0.29, 0.717) is 18.5 Å². The number of carbonyl (C=O) groups is 2. The van der Waals surface area contributed by atoms with Crippen molar-refractivity contribution in [3.8, 4) is 11.5 Å². The molecule has 0 aromatic heterocycles. The first-order chi connectivity index (χ1) is 9.93. The van der Waals surface area contributed by atoms with Crippen molar-refractivity contribution in [3.63, 3.8) is 0 Å². The van der Waals surface area contributed by atoms with E-state index < -0.39 is 18.0 Å². The summed E-state index contributed by atoms with van der Waals surface area (Å²) in [5.41, 5.74) is 0.476. The van der Waals surface area contributed by atoms with Crippen LogP contribution in [0.1, 0.15) is 12.0 Å². The van der Waals surface area contributed by atoms with Crippen LogP contribution in [0.15, 0.2) is 30.9 Å². The van der Waals surface area contributed by atoms with Crippen LogP contribution in [0.2, 0.25) is 0 Å². The first kappa shape index (κ1) is 16.4. The van der Waals surface area contributed by atoms with Gasteiger partial charge in [0.25, 0.3) is 0 Å². The van der Waals surface area contributed by atoms with E-state index in [0.717, 1.165) is 0 Å². The fourth-order valence-electron chi connectivity index (χ4n) is 1.63. The molecule has 0 aliphatic heterocycles. The normalized spacial score (nSPS) is 11.4. The Morgan fingerprint density at radius 2 is 2.00 bits per heavy atom. The SMILES string of the molecule is C=CCCNC(=O)N[C@@H](Cc1ccc(O)c(O)c1)C(=O)O. The Kier molecular flexibility index (Phi) is 6.06. The second-order valence-electron chi connectivity index (χ2n) is 4.40. The number of aromatic hydroxyl groups is 2. The third-order valence-corrected chi connectivity index (χ3v) is 2.72. The van der Waals surface area contributed by atoms with E-state index >= 15 is 0 Å². The third kappa shape index (κ3) is 5.43. The van der Waals surface area contributed by atoms with E-state index in [9.17, 15) is 19.8 Å². The summed E-state index contributed by atoms with van der Waals surface area (Å²) in [5.74, 6) is -1.82. The van der Waals surface area contributed by atoms with E-state index in [-0.39, 0.29) is 17.9 Å². The van der Waals surface area contributed by atoms with Crippen LogP contribution in [-0.4, -0.2) is 39.9 Å². The highest BCUT2D eigenvalue weighted by molar-refractivity contribution is 5.82. The molecule has 1 rings (SSSR count). The molecule has 0 saturated heterocycles. The van der Waals surface area contributed by atoms with E-state index in [1.807, 2.05) is 0 Å². The number of hydrogen-bond acceptors (Lipinski definition) is 4. The lowest BCUT2D eigenvalue weighted by molar-refractivity contribution is -0.139. The summed E-state index contributed by atoms with van der Waals surface area (Å²) in [6.45, 7) is 3.87. The maximum Gasteiger partial charge on any atom is 0.326 e. The molecule has 0 unspecified atom stereocenters. The molecule has 2 amide bonds. The zero-order valence-corrected chi connectivity index (χ0v) is 11.4. The van der Waals surface area contributed by atoms with Crippen molar-refractivity contribution in [2.24, 2.45) is 0 Å². The first-order valence-corrected chi connectivity index (χ1v) is 6.33. The van der Waals surface area contributed by atoms with Crippen molar-refractivity contribution in [1.82, 2.24) is 10.6 Å². The minimum absolute atomic E-state index is 0.0158. The highest BCUT2D eigenvalue weighted by atomic mass is 16.4. The zero-order chi connectivity index (χ0) is 15.8. The number of benzene rings is 1. The number of urea groups is 1. The number of aliphatic carboxylic acids is 1. The summed E-state index contributed by atoms with van der Waals surface area (Å²) in [5, 5.41) is 32.5. The van der Waals surface area contributed by atoms with Crippen molar-refractivity contribution >= 4 is 12.0 Å². The van der Waals surface area contributed by atoms with Crippen molar-refractivity contribution < 1.29 is 24.9 Å². The number of carboxylic acid groups (broad SMARTS) is 1. The van der Waals surface area contributed by atoms with Gasteiger partial charge in [0, 0.05) is 13.0 Å². The van der Waals surface area contributed by atoms with Crippen LogP contribution >= 0.6 is 0 Å². The molecule has 1 aromatic rings. The summed E-state index contributed by atoms with van der Waals surface area (Å²) in [6.07, 6.45) is 2.20. The highest BCUT2D eigenvalue weighted by Crippen LogP contribution is 2.25. The van der Waals surface area contributed by atoms with Crippen molar-refractivity contribution in [3.05, 3.63) is 36.4 Å². The molecule has 0 aliphatic rings. The Hall–Kier alpha value is -2.70. The maximum absolute atomic E-state index is 11.5. The Morgan fingerprint density at radius 1 is 1.29 bits per heavy atom. The van der Waals surface area contributed by atoms with Gasteiger partial charge in [-0.15, -0.1) is 6.58 Å². The monoisotopic (exact) mass is 294 g/mol. The van der Waals surface area contributed by atoms with Crippen LogP contribution in [0.5, 0.6) is 11.5 Å². The van der Waals surface area contributed by atoms with Gasteiger partial charge in [-0.2, -0.15) is 0 Å². The van der Waals surface area contributed by atoms with Gasteiger partial charge in [-0.3, -0.25) is 0 Å². The van der Waals surface area contributed by atoms with Gasteiger partial charge in [-0.25, -0.2) is 9.59 Å². The molecule has 0 heterocycles. The van der Waals surface area contributed by atoms with Crippen LogP contribution in [0.25, 0.3) is 0 Å². The van der Waals surface area contributed by atoms with E-state index in [4.69, 9.17) is 5.11 Å². The lowest BCUT2D eigenvalue weighted by Crippen LogP contribution is -2.47. The van der Waals surface area contributed by atoms with Crippen molar-refractivity contribution in [2.45, 2.75) is 18.9 Å². The fourth-order valence-corrected chi connectivity index (χ4v) is 1.63. The third-order valence-electron chi connectivity index (χ3n) is 2.72. The second-order valence-corrected chi connectivity index (χ2v) is 4.40. The Morgan fingerprint density at radius 3 is 2.57 bits per heavy atom. The molecule has 0 fully saturated rings. The minimum atomic E-state index is -1.19. The molecule has 0 aliphatic carbocycles. The minimum Gasteiger partial charge on any atom is -0.504 e. The number of nitrogens with one attached hydrogen (secondary N) is 2. The average Bonchev–Trinajstić information content (AvgIpc) is 2.42. The molecule has 1 aromatic carbocycles. The fraction of sp³-hybridized carbons (Fsp3) is 0.286. The van der Waals surface area contributed by atoms with Gasteiger partial charge in [0.1, 0.15) is 6.04 Å². The molecule has 0 saturated carbocycles. The molecule has 7 heteroatoms. The van der Waals surface area contributed by atoms with Crippen molar-refractivity contribution in [2.75, 3.05) is 6.54 Å². The molecule has 0 radical (unpaired) electrons. The van der Waals surface area contributed by atoms with Crippen molar-refractivity contribution in [1.29, 1.82) is 0 Å². The summed E-state index contributed by atoms with van der Waals surface area (Å²) in [4.78, 5) is 22.7. The zero-order valence-electron chi connectivity index (χ0n) is 11.4. The number of amides is 2. The molecule has 1 atom stereocenters. The number of phenolic OH excluding ortho intramolecular Hbond substituents is 2. The van der Waals surface area contributed by atoms with Crippen LogP contribution in [0.4, 0.5) is 4.79 Å². The Labute approximate surface area is 121 Å². The second kappa shape index (κ2) is 7.78. The quantitative estimate of drug-likeness (QED) is 0.292. The van der Waals surface area contributed by atoms with E-state index in [2.05, 4.69) is 17.2 Å². The molecule has 5 N–H and O–H groups in total. The molecule has 0 spiro atoms. The largest absolute Gasteiger partial charge is 0.504 e. The first-order valence-electron chi connectivity index (χ1n) is 6.33. The van der Waals surface area contributed by atoms with Crippen LogP contribution < -0.4 is 10.6 Å². The van der Waals surface area contributed by atoms with Crippen LogP contribution in [0.3, 0.4) is 0 Å². The molecule has 114 valence electrons. The molecular weight excluding hydrogens is 276 g/mol. The Balaban J connectivity index is 2.65. The van der Waals surface area contributed by atoms with Gasteiger partial charge >= 0.3 is 12.0 Å². The van der Waals surface area contributed by atoms with E-state index in [1.165, 1.54) is 18.2 Å². The number of carboxylic acids is 1. The predicted molar refractivity (Wildman–Crippen MR) is 76.2 cm³/mol. The van der Waals surface area contributed by atoms with Gasteiger partial charge < -0.3 is 26.0 Å². The summed E-state index contributed by atoms with van der Waals surface area (Å²) in [6, 6.07) is 2.25. The topological polar surface area (TPSA) is 119 Å².